The molecule has 0 bridgehead atoms. The Morgan fingerprint density at radius 3 is 2.47 bits per heavy atom. The lowest BCUT2D eigenvalue weighted by atomic mass is 9.94. The lowest BCUT2D eigenvalue weighted by molar-refractivity contribution is 0.0695. The summed E-state index contributed by atoms with van der Waals surface area (Å²) >= 11 is 0. The van der Waals surface area contributed by atoms with Crippen molar-refractivity contribution in [3.05, 3.63) is 28.8 Å². The quantitative estimate of drug-likeness (QED) is 0.898. The molecular weight excluding hydrogens is 260 g/mol. The van der Waals surface area contributed by atoms with Crippen molar-refractivity contribution in [2.75, 3.05) is 5.75 Å². The first-order valence-corrected chi connectivity index (χ1v) is 8.07. The minimum absolute atomic E-state index is 0.255. The van der Waals surface area contributed by atoms with E-state index in [0.29, 0.717) is 11.3 Å². The van der Waals surface area contributed by atoms with Crippen LogP contribution in [0.3, 0.4) is 0 Å². The fourth-order valence-corrected chi connectivity index (χ4v) is 3.81. The number of hydrogen-bond acceptors (Lipinski definition) is 2. The molecule has 1 aliphatic rings. The Morgan fingerprint density at radius 2 is 2.05 bits per heavy atom. The van der Waals surface area contributed by atoms with E-state index in [9.17, 15) is 14.1 Å². The van der Waals surface area contributed by atoms with Crippen molar-refractivity contribution in [1.82, 2.24) is 0 Å². The first-order chi connectivity index (χ1) is 8.97. The van der Waals surface area contributed by atoms with Crippen molar-refractivity contribution in [2.24, 2.45) is 0 Å². The first kappa shape index (κ1) is 14.3. The van der Waals surface area contributed by atoms with E-state index in [1.165, 1.54) is 0 Å². The molecule has 0 aliphatic heterocycles. The van der Waals surface area contributed by atoms with Crippen LogP contribution < -0.4 is 0 Å². The summed E-state index contributed by atoms with van der Waals surface area (Å²) < 4.78 is 12.4. The van der Waals surface area contributed by atoms with E-state index in [1.54, 1.807) is 6.07 Å². The van der Waals surface area contributed by atoms with Gasteiger partial charge in [-0.05, 0) is 41.9 Å². The van der Waals surface area contributed by atoms with Crippen LogP contribution in [0, 0.1) is 0 Å². The second kappa shape index (κ2) is 5.45. The van der Waals surface area contributed by atoms with Gasteiger partial charge in [-0.1, -0.05) is 26.8 Å². The van der Waals surface area contributed by atoms with Gasteiger partial charge in [0.15, 0.2) is 0 Å². The predicted octanol–water partition coefficient (Wildman–Crippen LogP) is 3.51. The molecule has 0 heterocycles. The normalized spacial score (nSPS) is 16.6. The monoisotopic (exact) mass is 280 g/mol. The maximum atomic E-state index is 12.4. The Morgan fingerprint density at radius 1 is 1.42 bits per heavy atom. The van der Waals surface area contributed by atoms with Crippen molar-refractivity contribution in [3.8, 4) is 0 Å². The van der Waals surface area contributed by atoms with Crippen LogP contribution in [0.15, 0.2) is 17.0 Å². The summed E-state index contributed by atoms with van der Waals surface area (Å²) in [7, 11) is -1.10. The average molecular weight is 280 g/mol. The number of rotatable bonds is 5. The summed E-state index contributed by atoms with van der Waals surface area (Å²) in [6, 6.07) is 3.52. The number of carboxylic acids is 1. The molecule has 1 saturated carbocycles. The van der Waals surface area contributed by atoms with Crippen molar-refractivity contribution >= 4 is 16.8 Å². The topological polar surface area (TPSA) is 54.4 Å². The standard InChI is InChI=1S/C15H20O3S/c1-4-19(18)14-11(9(2)3)7-8-12(15(16)17)13(14)10-5-6-10/h7-10H,4-6H2,1-3H3,(H,16,17)/t19-/m1/s1. The molecule has 1 aliphatic carbocycles. The van der Waals surface area contributed by atoms with Crippen molar-refractivity contribution < 1.29 is 14.1 Å². The van der Waals surface area contributed by atoms with E-state index >= 15 is 0 Å². The molecule has 2 rings (SSSR count). The summed E-state index contributed by atoms with van der Waals surface area (Å²) in [6.45, 7) is 6.00. The second-order valence-electron chi connectivity index (χ2n) is 5.31. The Bertz CT molecular complexity index is 530. The highest BCUT2D eigenvalue weighted by atomic mass is 32.2. The van der Waals surface area contributed by atoms with Crippen LogP contribution >= 0.6 is 0 Å². The van der Waals surface area contributed by atoms with Gasteiger partial charge >= 0.3 is 5.97 Å². The van der Waals surface area contributed by atoms with Crippen molar-refractivity contribution in [3.63, 3.8) is 0 Å². The molecule has 0 radical (unpaired) electrons. The number of aromatic carboxylic acids is 1. The van der Waals surface area contributed by atoms with Crippen LogP contribution in [0.1, 0.15) is 66.9 Å². The maximum Gasteiger partial charge on any atom is 0.336 e. The second-order valence-corrected chi connectivity index (χ2v) is 6.99. The Balaban J connectivity index is 2.71. The Hall–Kier alpha value is -1.16. The van der Waals surface area contributed by atoms with E-state index in [0.717, 1.165) is 28.9 Å². The van der Waals surface area contributed by atoms with E-state index in [2.05, 4.69) is 13.8 Å². The summed E-state index contributed by atoms with van der Waals surface area (Å²) in [4.78, 5) is 12.2. The van der Waals surface area contributed by atoms with Gasteiger partial charge in [0.25, 0.3) is 0 Å². The molecule has 19 heavy (non-hydrogen) atoms. The lowest BCUT2D eigenvalue weighted by Crippen LogP contribution is -2.11. The third-order valence-electron chi connectivity index (χ3n) is 3.55. The molecule has 0 unspecified atom stereocenters. The van der Waals surface area contributed by atoms with E-state index in [4.69, 9.17) is 0 Å². The van der Waals surface area contributed by atoms with Crippen molar-refractivity contribution in [1.29, 1.82) is 0 Å². The number of carboxylic acid groups (broad SMARTS) is 1. The molecule has 0 aromatic heterocycles. The third kappa shape index (κ3) is 2.73. The summed E-state index contributed by atoms with van der Waals surface area (Å²) in [5.74, 6) is 0.162. The van der Waals surface area contributed by atoms with E-state index in [1.807, 2.05) is 13.0 Å². The van der Waals surface area contributed by atoms with Crippen molar-refractivity contribution in [2.45, 2.75) is 50.3 Å². The highest BCUT2D eigenvalue weighted by molar-refractivity contribution is 7.85. The molecular formula is C15H20O3S. The largest absolute Gasteiger partial charge is 0.478 e. The smallest absolute Gasteiger partial charge is 0.336 e. The van der Waals surface area contributed by atoms with Crippen LogP contribution in [0.5, 0.6) is 0 Å². The minimum atomic E-state index is -1.10. The minimum Gasteiger partial charge on any atom is -0.478 e. The first-order valence-electron chi connectivity index (χ1n) is 6.75. The molecule has 1 aromatic rings. The van der Waals surface area contributed by atoms with Gasteiger partial charge in [0, 0.05) is 10.6 Å². The molecule has 0 spiro atoms. The van der Waals surface area contributed by atoms with Crippen LogP contribution in [0.2, 0.25) is 0 Å². The van der Waals surface area contributed by atoms with Gasteiger partial charge < -0.3 is 5.11 Å². The van der Waals surface area contributed by atoms with Gasteiger partial charge in [0.2, 0.25) is 0 Å². The van der Waals surface area contributed by atoms with Gasteiger partial charge in [0.1, 0.15) is 0 Å². The molecule has 1 aromatic carbocycles. The van der Waals surface area contributed by atoms with E-state index < -0.39 is 16.8 Å². The number of benzene rings is 1. The third-order valence-corrected chi connectivity index (χ3v) is 4.99. The number of hydrogen-bond donors (Lipinski definition) is 1. The molecule has 0 amide bonds. The molecule has 1 atom stereocenters. The fraction of sp³-hybridized carbons (Fsp3) is 0.533. The summed E-state index contributed by atoms with van der Waals surface area (Å²) in [5, 5.41) is 9.35. The van der Waals surface area contributed by atoms with Crippen LogP contribution in [-0.4, -0.2) is 21.0 Å². The molecule has 4 heteroatoms. The molecule has 3 nitrogen and oxygen atoms in total. The zero-order valence-electron chi connectivity index (χ0n) is 11.6. The van der Waals surface area contributed by atoms with Gasteiger partial charge in [-0.2, -0.15) is 0 Å². The van der Waals surface area contributed by atoms with Crippen LogP contribution in [0.4, 0.5) is 0 Å². The maximum absolute atomic E-state index is 12.4. The predicted molar refractivity (Wildman–Crippen MR) is 76.4 cm³/mol. The average Bonchev–Trinajstić information content (AvgIpc) is 3.19. The zero-order valence-corrected chi connectivity index (χ0v) is 12.4. The fourth-order valence-electron chi connectivity index (χ4n) is 2.43. The Labute approximate surface area is 116 Å². The summed E-state index contributed by atoms with van der Waals surface area (Å²) in [5.41, 5.74) is 2.20. The SMILES string of the molecule is CC[S@@](=O)c1c(C(C)C)ccc(C(=O)O)c1C1CC1. The summed E-state index contributed by atoms with van der Waals surface area (Å²) in [6.07, 6.45) is 2.02. The molecule has 1 fully saturated rings. The molecule has 0 saturated heterocycles. The number of carbonyl (C=O) groups is 1. The van der Waals surface area contributed by atoms with Gasteiger partial charge in [0.05, 0.1) is 16.4 Å². The van der Waals surface area contributed by atoms with Gasteiger partial charge in [-0.15, -0.1) is 0 Å². The molecule has 1 N–H and O–H groups in total. The highest BCUT2D eigenvalue weighted by Crippen LogP contribution is 2.46. The van der Waals surface area contributed by atoms with Crippen LogP contribution in [-0.2, 0) is 10.8 Å². The Kier molecular flexibility index (Phi) is 4.09. The van der Waals surface area contributed by atoms with Crippen LogP contribution in [0.25, 0.3) is 0 Å². The lowest BCUT2D eigenvalue weighted by Gasteiger charge is -2.18. The highest BCUT2D eigenvalue weighted by Gasteiger charge is 2.33. The van der Waals surface area contributed by atoms with Gasteiger partial charge in [-0.25, -0.2) is 4.79 Å². The van der Waals surface area contributed by atoms with Gasteiger partial charge in [-0.3, -0.25) is 4.21 Å². The van der Waals surface area contributed by atoms with E-state index in [-0.39, 0.29) is 11.8 Å². The molecule has 104 valence electrons. The zero-order chi connectivity index (χ0) is 14.2.